The average Bonchev–Trinajstić information content (AvgIpc) is 0.674. The number of carboxylic acid groups (broad SMARTS) is 1. The average molecular weight is 1220 g/mol. The second-order valence-electron chi connectivity index (χ2n) is 28.6. The Morgan fingerprint density at radius 2 is 1.26 bits per heavy atom. The summed E-state index contributed by atoms with van der Waals surface area (Å²) in [5, 5.41) is 182. The van der Waals surface area contributed by atoms with Crippen LogP contribution in [0.25, 0.3) is 0 Å². The van der Waals surface area contributed by atoms with Gasteiger partial charge in [-0.1, -0.05) is 74.0 Å². The van der Waals surface area contributed by atoms with E-state index in [4.69, 9.17) is 37.9 Å². The van der Waals surface area contributed by atoms with E-state index in [1.165, 1.54) is 6.92 Å². The van der Waals surface area contributed by atoms with Crippen LogP contribution in [0.15, 0.2) is 11.6 Å². The van der Waals surface area contributed by atoms with Crippen molar-refractivity contribution in [2.24, 2.45) is 56.2 Å². The lowest BCUT2D eigenvalue weighted by molar-refractivity contribution is -0.411. The maximum absolute atomic E-state index is 13.9. The first-order valence-electron chi connectivity index (χ1n) is 30.3. The second-order valence-corrected chi connectivity index (χ2v) is 28.6. The molecule has 9 rings (SSSR count). The highest BCUT2D eigenvalue weighted by Crippen LogP contribution is 2.76. The Hall–Kier alpha value is -2.20. The maximum Gasteiger partial charge on any atom is 0.336 e. The number of ether oxygens (including phenoxy) is 8. The number of aliphatic hydroxyl groups excluding tert-OH is 14. The highest BCUT2D eigenvalue weighted by Gasteiger charge is 2.76. The Kier molecular flexibility index (Phi) is 18.8. The SMILES string of the molecule is CC[C@H](C)C(=O)O[C@@H]1[C@H](O)[C@]2(C)C(=CC[C@@H]3[C@@]4(C)CC[C@H](O[C@@H]5O[C@H](C(=O)O)[C@](O)([C@@H]6O[C@H](CO)[C@H](O)[C@H](O)[C@H]6O[C@@H]6O[C@@H](C)[C@H](O)[C@@H](O)[C@H]6O)[C@H](O)[C@H]5O[C@@H]5O[C@H](CO)[C@@H](O)[C@H](O)[C@H]5O)C(C)(C)[C@@H]4CC[C@]32C)[C@@H]2CC(C)(C)C[C@H](O)[C@]12CO. The number of carbonyl (C=O) groups excluding carboxylic acids is 1. The van der Waals surface area contributed by atoms with Gasteiger partial charge in [-0.25, -0.2) is 4.79 Å². The van der Waals surface area contributed by atoms with Gasteiger partial charge in [-0.15, -0.1) is 0 Å². The summed E-state index contributed by atoms with van der Waals surface area (Å²) >= 11 is 0. The van der Waals surface area contributed by atoms with Gasteiger partial charge in [0, 0.05) is 5.41 Å². The molecule has 0 aromatic carbocycles. The standard InChI is InChI=1S/C59H96O26/c1-11-23(2)49(76)84-46-44(73)57(10)25(26-18-53(4,5)19-31(63)58(26,46)22-62)12-13-30-55(8)16-15-32(54(6,7)29(55)14-17-56(30,57)9)81-52-42(83-51-40(71)37(68)34(65)28(21-61)80-51)43(72)59(77,47(85-52)48(74)75)45-41(38(69)35(66)27(20-60)79-45)82-50-39(70)36(67)33(64)24(3)78-50/h12,23-24,26-47,50-52,60-73,77H,11,13-22H2,1-10H3,(H,74,75)/t23-,24-,26-,27+,28+,29-,30+,31-,32-,33-,34+,35-,36+,37-,38-,39+,40+,41+,42+,43+,44-,45+,46+,47+,50-,51-,52+,55-,56+,57-,58+,59+/m0/s1. The van der Waals surface area contributed by atoms with Gasteiger partial charge in [0.05, 0.1) is 49.5 Å². The Morgan fingerprint density at radius 1 is 0.671 bits per heavy atom. The summed E-state index contributed by atoms with van der Waals surface area (Å²) in [5.74, 6) is -3.88. The van der Waals surface area contributed by atoms with Crippen molar-refractivity contribution in [3.63, 3.8) is 0 Å². The van der Waals surface area contributed by atoms with Crippen molar-refractivity contribution in [2.75, 3.05) is 19.8 Å². The largest absolute Gasteiger partial charge is 0.479 e. The smallest absolute Gasteiger partial charge is 0.336 e. The van der Waals surface area contributed by atoms with E-state index in [2.05, 4.69) is 33.8 Å². The number of carbonyl (C=O) groups is 2. The van der Waals surface area contributed by atoms with Gasteiger partial charge in [0.15, 0.2) is 30.6 Å². The van der Waals surface area contributed by atoms with E-state index in [9.17, 15) is 91.3 Å². The van der Waals surface area contributed by atoms with Crippen molar-refractivity contribution in [1.29, 1.82) is 0 Å². The maximum atomic E-state index is 13.9. The van der Waals surface area contributed by atoms with Gasteiger partial charge < -0.3 is 120 Å². The highest BCUT2D eigenvalue weighted by atomic mass is 16.8. The zero-order chi connectivity index (χ0) is 63.0. The van der Waals surface area contributed by atoms with E-state index in [0.29, 0.717) is 44.9 Å². The Bertz CT molecular complexity index is 2430. The summed E-state index contributed by atoms with van der Waals surface area (Å²) in [5.41, 5.74) is -7.51. The summed E-state index contributed by atoms with van der Waals surface area (Å²) in [6.45, 7) is 16.8. The van der Waals surface area contributed by atoms with Gasteiger partial charge in [-0.2, -0.15) is 0 Å². The molecule has 32 atom stereocenters. The van der Waals surface area contributed by atoms with Gasteiger partial charge in [0.25, 0.3) is 0 Å². The minimum atomic E-state index is -3.46. The van der Waals surface area contributed by atoms with Gasteiger partial charge in [-0.05, 0) is 97.7 Å². The van der Waals surface area contributed by atoms with Crippen molar-refractivity contribution >= 4 is 11.9 Å². The molecule has 0 spiro atoms. The third-order valence-electron chi connectivity index (χ3n) is 23.3. The third-order valence-corrected chi connectivity index (χ3v) is 23.3. The fraction of sp³-hybridized carbons (Fsp3) is 0.932. The van der Waals surface area contributed by atoms with Gasteiger partial charge in [0.1, 0.15) is 97.7 Å². The number of aliphatic hydroxyl groups is 15. The molecule has 0 aromatic rings. The van der Waals surface area contributed by atoms with Crippen LogP contribution < -0.4 is 0 Å². The van der Waals surface area contributed by atoms with E-state index in [0.717, 1.165) is 5.57 Å². The lowest BCUT2D eigenvalue weighted by Crippen LogP contribution is -2.79. The Morgan fingerprint density at radius 3 is 1.86 bits per heavy atom. The van der Waals surface area contributed by atoms with Crippen molar-refractivity contribution < 1.29 is 129 Å². The number of hydrogen-bond acceptors (Lipinski definition) is 25. The van der Waals surface area contributed by atoms with Crippen LogP contribution in [0.4, 0.5) is 0 Å². The van der Waals surface area contributed by atoms with E-state index in [1.54, 1.807) is 6.92 Å². The summed E-state index contributed by atoms with van der Waals surface area (Å²) in [4.78, 5) is 27.6. The number of hydrogen-bond donors (Lipinski definition) is 16. The molecular weight excluding hydrogens is 1120 g/mol. The molecular formula is C59H96O26. The van der Waals surface area contributed by atoms with Gasteiger partial charge in [0.2, 0.25) is 0 Å². The van der Waals surface area contributed by atoms with Crippen LogP contribution >= 0.6 is 0 Å². The lowest BCUT2D eigenvalue weighted by atomic mass is 9.32. The number of carboxylic acids is 1. The molecule has 5 aliphatic carbocycles. The van der Waals surface area contributed by atoms with Crippen LogP contribution in [0.2, 0.25) is 0 Å². The predicted molar refractivity (Wildman–Crippen MR) is 289 cm³/mol. The molecule has 0 radical (unpaired) electrons. The third kappa shape index (κ3) is 10.3. The van der Waals surface area contributed by atoms with Gasteiger partial charge >= 0.3 is 11.9 Å². The van der Waals surface area contributed by atoms with E-state index in [-0.39, 0.29) is 23.7 Å². The monoisotopic (exact) mass is 1220 g/mol. The molecule has 26 heteroatoms. The quantitative estimate of drug-likeness (QED) is 0.0484. The van der Waals surface area contributed by atoms with E-state index in [1.807, 2.05) is 27.7 Å². The Balaban J connectivity index is 1.07. The lowest BCUT2D eigenvalue weighted by Gasteiger charge is -2.73. The van der Waals surface area contributed by atoms with Crippen molar-refractivity contribution in [1.82, 2.24) is 0 Å². The highest BCUT2D eigenvalue weighted by molar-refractivity contribution is 5.75. The van der Waals surface area contributed by atoms with Gasteiger partial charge in [-0.3, -0.25) is 4.79 Å². The summed E-state index contributed by atoms with van der Waals surface area (Å²) < 4.78 is 48.9. The fourth-order valence-electron chi connectivity index (χ4n) is 17.9. The first kappa shape index (κ1) is 67.2. The zero-order valence-electron chi connectivity index (χ0n) is 50.2. The number of fused-ring (bicyclic) bond motifs is 7. The molecule has 9 aliphatic rings. The predicted octanol–water partition coefficient (Wildman–Crippen LogP) is -2.54. The molecule has 4 heterocycles. The van der Waals surface area contributed by atoms with Crippen LogP contribution in [-0.4, -0.2) is 260 Å². The molecule has 4 saturated carbocycles. The Labute approximate surface area is 494 Å². The molecule has 0 aromatic heterocycles. The van der Waals surface area contributed by atoms with Crippen molar-refractivity contribution in [2.45, 2.75) is 267 Å². The van der Waals surface area contributed by atoms with Crippen LogP contribution in [0, 0.1) is 56.2 Å². The minimum Gasteiger partial charge on any atom is -0.479 e. The molecule has 8 fully saturated rings. The molecule has 4 aliphatic heterocycles. The van der Waals surface area contributed by atoms with Crippen molar-refractivity contribution in [3.05, 3.63) is 11.6 Å². The van der Waals surface area contributed by atoms with Crippen LogP contribution in [0.1, 0.15) is 121 Å². The molecule has 26 nitrogen and oxygen atoms in total. The summed E-state index contributed by atoms with van der Waals surface area (Å²) in [6, 6.07) is 0. The topological polar surface area (TPSA) is 432 Å². The number of allylic oxidation sites excluding steroid dienone is 1. The van der Waals surface area contributed by atoms with Crippen LogP contribution in [0.5, 0.6) is 0 Å². The van der Waals surface area contributed by atoms with E-state index < -0.39 is 217 Å². The molecule has 16 N–H and O–H groups in total. The molecule has 4 saturated heterocycles. The van der Waals surface area contributed by atoms with Crippen LogP contribution in [-0.2, 0) is 47.5 Å². The van der Waals surface area contributed by atoms with E-state index >= 15 is 0 Å². The number of aliphatic carboxylic acids is 1. The second kappa shape index (κ2) is 23.8. The van der Waals surface area contributed by atoms with Crippen molar-refractivity contribution in [3.8, 4) is 0 Å². The molecule has 0 unspecified atom stereocenters. The van der Waals surface area contributed by atoms with Crippen LogP contribution in [0.3, 0.4) is 0 Å². The first-order valence-corrected chi connectivity index (χ1v) is 30.3. The summed E-state index contributed by atoms with van der Waals surface area (Å²) in [6.07, 6.45) is -38.1. The molecule has 0 bridgehead atoms. The zero-order valence-corrected chi connectivity index (χ0v) is 50.2. The molecule has 488 valence electrons. The number of rotatable bonds is 14. The normalized spacial score (nSPS) is 53.4. The molecule has 0 amide bonds. The fourth-order valence-corrected chi connectivity index (χ4v) is 17.9. The molecule has 85 heavy (non-hydrogen) atoms. The minimum absolute atomic E-state index is 0.156. The number of esters is 1. The first-order chi connectivity index (χ1) is 39.5. The summed E-state index contributed by atoms with van der Waals surface area (Å²) in [7, 11) is 0.